The van der Waals surface area contributed by atoms with Crippen LogP contribution in [0.5, 0.6) is 0 Å². The molecule has 134 valence electrons. The van der Waals surface area contributed by atoms with Gasteiger partial charge in [-0.3, -0.25) is 14.4 Å². The van der Waals surface area contributed by atoms with Crippen LogP contribution in [0.4, 0.5) is 0 Å². The zero-order valence-electron chi connectivity index (χ0n) is 15.6. The van der Waals surface area contributed by atoms with Crippen LogP contribution in [0.2, 0.25) is 0 Å². The molecule has 5 atom stereocenters. The SMILES string of the molecule is CC(=O)CC1=CC(=O)C=C2CC[C@@H]3[C@H](CC[C@]4(C)C(=O)CC[C@@H]34)[C@]21C. The predicted molar refractivity (Wildman–Crippen MR) is 95.9 cm³/mol. The Morgan fingerprint density at radius 1 is 1.08 bits per heavy atom. The maximum Gasteiger partial charge on any atom is 0.178 e. The fourth-order valence-electron chi connectivity index (χ4n) is 6.70. The van der Waals surface area contributed by atoms with Crippen LogP contribution in [0, 0.1) is 28.6 Å². The van der Waals surface area contributed by atoms with Crippen molar-refractivity contribution < 1.29 is 14.4 Å². The monoisotopic (exact) mass is 340 g/mol. The summed E-state index contributed by atoms with van der Waals surface area (Å²) in [5.74, 6) is 2.10. The number of allylic oxidation sites excluding steroid dienone is 4. The van der Waals surface area contributed by atoms with Crippen molar-refractivity contribution in [3.8, 4) is 0 Å². The van der Waals surface area contributed by atoms with E-state index < -0.39 is 0 Å². The van der Waals surface area contributed by atoms with Crippen molar-refractivity contribution in [2.75, 3.05) is 0 Å². The van der Waals surface area contributed by atoms with Gasteiger partial charge in [0.25, 0.3) is 0 Å². The van der Waals surface area contributed by atoms with Gasteiger partial charge in [-0.15, -0.1) is 0 Å². The second-order valence-electron chi connectivity index (χ2n) is 9.16. The number of Topliss-reactive ketones (excluding diaryl/α,β-unsaturated/α-hetero) is 2. The van der Waals surface area contributed by atoms with Crippen LogP contribution in [0.15, 0.2) is 23.3 Å². The van der Waals surface area contributed by atoms with Gasteiger partial charge in [0, 0.05) is 23.7 Å². The van der Waals surface area contributed by atoms with Crippen molar-refractivity contribution in [1.82, 2.24) is 0 Å². The first-order chi connectivity index (χ1) is 11.8. The number of carbonyl (C=O) groups is 3. The highest BCUT2D eigenvalue weighted by molar-refractivity contribution is 6.02. The summed E-state index contributed by atoms with van der Waals surface area (Å²) >= 11 is 0. The quantitative estimate of drug-likeness (QED) is 0.756. The van der Waals surface area contributed by atoms with E-state index in [4.69, 9.17) is 0 Å². The Bertz CT molecular complexity index is 728. The smallest absolute Gasteiger partial charge is 0.178 e. The molecule has 3 fully saturated rings. The van der Waals surface area contributed by atoms with E-state index >= 15 is 0 Å². The molecule has 4 aliphatic rings. The Kier molecular flexibility index (Phi) is 3.72. The molecular weight excluding hydrogens is 312 g/mol. The maximum absolute atomic E-state index is 12.5. The number of hydrogen-bond acceptors (Lipinski definition) is 3. The van der Waals surface area contributed by atoms with Crippen molar-refractivity contribution in [2.24, 2.45) is 28.6 Å². The number of fused-ring (bicyclic) bond motifs is 5. The zero-order valence-corrected chi connectivity index (χ0v) is 15.6. The van der Waals surface area contributed by atoms with E-state index in [0.717, 1.165) is 44.1 Å². The van der Waals surface area contributed by atoms with Gasteiger partial charge in [-0.05, 0) is 74.5 Å². The molecule has 25 heavy (non-hydrogen) atoms. The third kappa shape index (κ3) is 2.27. The molecule has 0 N–H and O–H groups in total. The van der Waals surface area contributed by atoms with Gasteiger partial charge in [-0.2, -0.15) is 0 Å². The fourth-order valence-corrected chi connectivity index (χ4v) is 6.70. The van der Waals surface area contributed by atoms with E-state index in [1.54, 1.807) is 13.0 Å². The lowest BCUT2D eigenvalue weighted by atomic mass is 9.46. The summed E-state index contributed by atoms with van der Waals surface area (Å²) in [6.45, 7) is 6.06. The number of ketones is 3. The lowest BCUT2D eigenvalue weighted by molar-refractivity contribution is -0.131. The van der Waals surface area contributed by atoms with Crippen molar-refractivity contribution >= 4 is 17.3 Å². The second-order valence-corrected chi connectivity index (χ2v) is 9.16. The molecule has 4 aliphatic carbocycles. The Morgan fingerprint density at radius 3 is 2.56 bits per heavy atom. The molecule has 4 rings (SSSR count). The maximum atomic E-state index is 12.5. The van der Waals surface area contributed by atoms with Crippen molar-refractivity contribution in [1.29, 1.82) is 0 Å². The van der Waals surface area contributed by atoms with Gasteiger partial charge in [0.1, 0.15) is 11.6 Å². The summed E-state index contributed by atoms with van der Waals surface area (Å²) in [6, 6.07) is 0. The molecule has 0 spiro atoms. The van der Waals surface area contributed by atoms with E-state index in [1.807, 2.05) is 6.08 Å². The molecule has 3 heteroatoms. The van der Waals surface area contributed by atoms with E-state index in [2.05, 4.69) is 13.8 Å². The minimum atomic E-state index is -0.171. The van der Waals surface area contributed by atoms with Gasteiger partial charge >= 0.3 is 0 Å². The summed E-state index contributed by atoms with van der Waals surface area (Å²) in [5, 5.41) is 0. The summed E-state index contributed by atoms with van der Waals surface area (Å²) in [6.07, 6.45) is 9.69. The molecule has 0 saturated heterocycles. The third-order valence-electron chi connectivity index (χ3n) is 8.04. The van der Waals surface area contributed by atoms with Crippen LogP contribution >= 0.6 is 0 Å². The standard InChI is InChI=1S/C22H28O3/c1-13(23)10-15-12-16(24)11-14-4-5-17-18-6-7-20(25)21(18,2)9-8-19(17)22(14,15)3/h11-12,17-19H,4-10H2,1-3H3/t17-,18-,19-,21-,22+/m0/s1. The van der Waals surface area contributed by atoms with Crippen molar-refractivity contribution in [3.63, 3.8) is 0 Å². The van der Waals surface area contributed by atoms with E-state index in [1.165, 1.54) is 5.57 Å². The molecule has 3 saturated carbocycles. The van der Waals surface area contributed by atoms with E-state index in [9.17, 15) is 14.4 Å². The Balaban J connectivity index is 1.75. The summed E-state index contributed by atoms with van der Waals surface area (Å²) in [7, 11) is 0. The lowest BCUT2D eigenvalue weighted by Crippen LogP contribution is -2.51. The molecule has 0 aliphatic heterocycles. The van der Waals surface area contributed by atoms with Crippen LogP contribution in [-0.2, 0) is 14.4 Å². The Hall–Kier alpha value is -1.51. The third-order valence-corrected chi connectivity index (χ3v) is 8.04. The normalized spacial score (nSPS) is 42.9. The van der Waals surface area contributed by atoms with Gasteiger partial charge in [0.2, 0.25) is 0 Å². The van der Waals surface area contributed by atoms with Crippen LogP contribution in [0.25, 0.3) is 0 Å². The summed E-state index contributed by atoms with van der Waals surface area (Å²) in [4.78, 5) is 36.5. The molecule has 3 nitrogen and oxygen atoms in total. The minimum Gasteiger partial charge on any atom is -0.300 e. The largest absolute Gasteiger partial charge is 0.300 e. The van der Waals surface area contributed by atoms with E-state index in [-0.39, 0.29) is 22.4 Å². The first-order valence-electron chi connectivity index (χ1n) is 9.75. The molecule has 0 unspecified atom stereocenters. The molecule has 0 aromatic rings. The molecule has 0 aromatic carbocycles. The summed E-state index contributed by atoms with van der Waals surface area (Å²) in [5.41, 5.74) is 1.94. The molecule has 0 bridgehead atoms. The van der Waals surface area contributed by atoms with Gasteiger partial charge in [-0.25, -0.2) is 0 Å². The highest BCUT2D eigenvalue weighted by Crippen LogP contribution is 2.65. The zero-order chi connectivity index (χ0) is 18.0. The second kappa shape index (κ2) is 5.49. The van der Waals surface area contributed by atoms with Crippen molar-refractivity contribution in [2.45, 2.75) is 65.7 Å². The average Bonchev–Trinajstić information content (AvgIpc) is 2.84. The highest BCUT2D eigenvalue weighted by atomic mass is 16.1. The number of carbonyl (C=O) groups excluding carboxylic acids is 3. The molecule has 0 heterocycles. The molecule has 0 aromatic heterocycles. The Morgan fingerprint density at radius 2 is 1.84 bits per heavy atom. The highest BCUT2D eigenvalue weighted by Gasteiger charge is 2.59. The topological polar surface area (TPSA) is 51.2 Å². The lowest BCUT2D eigenvalue weighted by Gasteiger charge is -2.57. The first-order valence-corrected chi connectivity index (χ1v) is 9.75. The van der Waals surface area contributed by atoms with Crippen LogP contribution in [-0.4, -0.2) is 17.3 Å². The Labute approximate surface area is 149 Å². The minimum absolute atomic E-state index is 0.0406. The van der Waals surface area contributed by atoms with Crippen LogP contribution in [0.3, 0.4) is 0 Å². The van der Waals surface area contributed by atoms with Crippen LogP contribution < -0.4 is 0 Å². The summed E-state index contributed by atoms with van der Waals surface area (Å²) < 4.78 is 0. The van der Waals surface area contributed by atoms with Gasteiger partial charge in [-0.1, -0.05) is 19.4 Å². The fraction of sp³-hybridized carbons (Fsp3) is 0.682. The van der Waals surface area contributed by atoms with Crippen molar-refractivity contribution in [3.05, 3.63) is 23.3 Å². The van der Waals surface area contributed by atoms with Gasteiger partial charge in [0.15, 0.2) is 5.78 Å². The van der Waals surface area contributed by atoms with Gasteiger partial charge < -0.3 is 0 Å². The predicted octanol–water partition coefficient (Wildman–Crippen LogP) is 4.21. The van der Waals surface area contributed by atoms with E-state index in [0.29, 0.717) is 30.0 Å². The average molecular weight is 340 g/mol. The number of hydrogen-bond donors (Lipinski definition) is 0. The van der Waals surface area contributed by atoms with Crippen LogP contribution in [0.1, 0.15) is 65.7 Å². The molecule has 0 radical (unpaired) electrons. The number of rotatable bonds is 2. The molecular formula is C22H28O3. The first kappa shape index (κ1) is 16.9. The van der Waals surface area contributed by atoms with Gasteiger partial charge in [0.05, 0.1) is 0 Å². The molecule has 0 amide bonds.